The van der Waals surface area contributed by atoms with E-state index in [1.807, 2.05) is 29.0 Å². The van der Waals surface area contributed by atoms with Crippen LogP contribution in [-0.4, -0.2) is 24.5 Å². The normalized spacial score (nSPS) is 11.0. The molecule has 0 aliphatic heterocycles. The molecule has 0 bridgehead atoms. The summed E-state index contributed by atoms with van der Waals surface area (Å²) < 4.78 is 1.91. The third-order valence-corrected chi connectivity index (χ3v) is 4.22. The van der Waals surface area contributed by atoms with Gasteiger partial charge in [-0.05, 0) is 54.8 Å². The van der Waals surface area contributed by atoms with E-state index in [2.05, 4.69) is 51.2 Å². The zero-order chi connectivity index (χ0) is 17.2. The van der Waals surface area contributed by atoms with Crippen molar-refractivity contribution in [3.05, 3.63) is 71.9 Å². The molecule has 6 heteroatoms. The number of nitrogens with one attached hydrogen (secondary N) is 1. The molecule has 124 valence electrons. The zero-order valence-electron chi connectivity index (χ0n) is 14.1. The summed E-state index contributed by atoms with van der Waals surface area (Å²) in [6, 6.07) is 10.0. The van der Waals surface area contributed by atoms with Crippen LogP contribution in [0, 0.1) is 13.8 Å². The number of anilines is 1. The van der Waals surface area contributed by atoms with Crippen molar-refractivity contribution in [2.75, 3.05) is 5.32 Å². The Morgan fingerprint density at radius 2 is 1.92 bits per heavy atom. The summed E-state index contributed by atoms with van der Waals surface area (Å²) >= 11 is 0. The molecular formula is C19H18N6. The summed E-state index contributed by atoms with van der Waals surface area (Å²) in [6.07, 6.45) is 7.12. The monoisotopic (exact) mass is 330 g/mol. The summed E-state index contributed by atoms with van der Waals surface area (Å²) in [4.78, 5) is 17.6. The van der Waals surface area contributed by atoms with Crippen LogP contribution in [0.2, 0.25) is 0 Å². The molecule has 0 atom stereocenters. The van der Waals surface area contributed by atoms with Gasteiger partial charge in [0.25, 0.3) is 0 Å². The lowest BCUT2D eigenvalue weighted by Crippen LogP contribution is -2.05. The number of aromatic nitrogens is 5. The molecule has 4 aromatic rings. The number of pyridine rings is 1. The Kier molecular flexibility index (Phi) is 3.85. The van der Waals surface area contributed by atoms with Crippen molar-refractivity contribution in [3.63, 3.8) is 0 Å². The Labute approximate surface area is 145 Å². The van der Waals surface area contributed by atoms with Crippen LogP contribution in [0.1, 0.15) is 16.7 Å². The standard InChI is InChI=1S/C19H18N6/c1-13-8-16-17(9-14(13)2)25(12-23-16)19-21-7-5-18(24-19)22-11-15-4-3-6-20-10-15/h3-10,12H,11H2,1-2H3,(H,21,22,24). The number of nitrogens with zero attached hydrogens (tertiary/aromatic N) is 5. The van der Waals surface area contributed by atoms with Crippen molar-refractivity contribution in [2.24, 2.45) is 0 Å². The van der Waals surface area contributed by atoms with Crippen LogP contribution in [0.5, 0.6) is 0 Å². The van der Waals surface area contributed by atoms with Crippen molar-refractivity contribution in [3.8, 4) is 5.95 Å². The molecule has 3 aromatic heterocycles. The van der Waals surface area contributed by atoms with Gasteiger partial charge in [0.15, 0.2) is 0 Å². The Bertz CT molecular complexity index is 1020. The number of imidazole rings is 1. The van der Waals surface area contributed by atoms with Crippen molar-refractivity contribution < 1.29 is 0 Å². The molecule has 0 amide bonds. The molecule has 0 spiro atoms. The lowest BCUT2D eigenvalue weighted by Gasteiger charge is -2.08. The molecule has 0 saturated heterocycles. The molecule has 0 aliphatic rings. The maximum absolute atomic E-state index is 4.61. The van der Waals surface area contributed by atoms with Gasteiger partial charge in [-0.15, -0.1) is 0 Å². The summed E-state index contributed by atoms with van der Waals surface area (Å²) in [6.45, 7) is 4.85. The van der Waals surface area contributed by atoms with Crippen LogP contribution >= 0.6 is 0 Å². The molecular weight excluding hydrogens is 312 g/mol. The topological polar surface area (TPSA) is 68.5 Å². The molecule has 1 aromatic carbocycles. The highest BCUT2D eigenvalue weighted by molar-refractivity contribution is 5.78. The first-order chi connectivity index (χ1) is 12.2. The second-order valence-electron chi connectivity index (χ2n) is 6.00. The molecule has 1 N–H and O–H groups in total. The molecule has 3 heterocycles. The number of hydrogen-bond donors (Lipinski definition) is 1. The lowest BCUT2D eigenvalue weighted by molar-refractivity contribution is 0.941. The minimum absolute atomic E-state index is 0.599. The molecule has 0 saturated carbocycles. The smallest absolute Gasteiger partial charge is 0.237 e. The Morgan fingerprint density at radius 1 is 1.04 bits per heavy atom. The van der Waals surface area contributed by atoms with Gasteiger partial charge < -0.3 is 5.32 Å². The molecule has 0 aliphatic carbocycles. The van der Waals surface area contributed by atoms with E-state index in [4.69, 9.17) is 0 Å². The lowest BCUT2D eigenvalue weighted by atomic mass is 10.1. The average Bonchev–Trinajstić information content (AvgIpc) is 3.04. The fourth-order valence-corrected chi connectivity index (χ4v) is 2.68. The fraction of sp³-hybridized carbons (Fsp3) is 0.158. The average molecular weight is 330 g/mol. The number of hydrogen-bond acceptors (Lipinski definition) is 5. The quantitative estimate of drug-likeness (QED) is 0.621. The first-order valence-electron chi connectivity index (χ1n) is 8.11. The van der Waals surface area contributed by atoms with Crippen molar-refractivity contribution in [2.45, 2.75) is 20.4 Å². The van der Waals surface area contributed by atoms with E-state index in [0.29, 0.717) is 12.5 Å². The Morgan fingerprint density at radius 3 is 2.76 bits per heavy atom. The molecule has 25 heavy (non-hydrogen) atoms. The van der Waals surface area contributed by atoms with Gasteiger partial charge in [-0.3, -0.25) is 9.55 Å². The summed E-state index contributed by atoms with van der Waals surface area (Å²) in [5, 5.41) is 3.31. The van der Waals surface area contributed by atoms with E-state index in [-0.39, 0.29) is 0 Å². The first-order valence-corrected chi connectivity index (χ1v) is 8.11. The SMILES string of the molecule is Cc1cc2ncn(-c3nccc(NCc4cccnc4)n3)c2cc1C. The third-order valence-electron chi connectivity index (χ3n) is 4.22. The minimum Gasteiger partial charge on any atom is -0.366 e. The van der Waals surface area contributed by atoms with E-state index in [1.54, 1.807) is 18.7 Å². The molecule has 0 fully saturated rings. The number of rotatable bonds is 4. The van der Waals surface area contributed by atoms with Gasteiger partial charge in [0.05, 0.1) is 11.0 Å². The largest absolute Gasteiger partial charge is 0.366 e. The highest BCUT2D eigenvalue weighted by Crippen LogP contribution is 2.20. The van der Waals surface area contributed by atoms with Crippen LogP contribution in [0.15, 0.2) is 55.2 Å². The van der Waals surface area contributed by atoms with E-state index in [1.165, 1.54) is 11.1 Å². The van der Waals surface area contributed by atoms with Crippen LogP contribution < -0.4 is 5.32 Å². The van der Waals surface area contributed by atoms with Crippen LogP contribution in [0.25, 0.3) is 17.0 Å². The van der Waals surface area contributed by atoms with Crippen molar-refractivity contribution in [1.82, 2.24) is 24.5 Å². The second kappa shape index (κ2) is 6.32. The van der Waals surface area contributed by atoms with Crippen molar-refractivity contribution >= 4 is 16.9 Å². The zero-order valence-corrected chi connectivity index (χ0v) is 14.1. The third kappa shape index (κ3) is 3.06. The Balaban J connectivity index is 1.64. The van der Waals surface area contributed by atoms with Gasteiger partial charge in [-0.25, -0.2) is 9.97 Å². The summed E-state index contributed by atoms with van der Waals surface area (Å²) in [5.41, 5.74) is 5.50. The van der Waals surface area contributed by atoms with Crippen molar-refractivity contribution in [1.29, 1.82) is 0 Å². The fourth-order valence-electron chi connectivity index (χ4n) is 2.68. The molecule has 4 rings (SSSR count). The van der Waals surface area contributed by atoms with E-state index in [0.717, 1.165) is 22.4 Å². The van der Waals surface area contributed by atoms with Crippen LogP contribution in [0.4, 0.5) is 5.82 Å². The van der Waals surface area contributed by atoms with Crippen LogP contribution in [0.3, 0.4) is 0 Å². The number of fused-ring (bicyclic) bond motifs is 1. The maximum Gasteiger partial charge on any atom is 0.237 e. The number of aryl methyl sites for hydroxylation is 2. The summed E-state index contributed by atoms with van der Waals surface area (Å²) in [7, 11) is 0. The van der Waals surface area contributed by atoms with Gasteiger partial charge in [-0.1, -0.05) is 6.07 Å². The van der Waals surface area contributed by atoms with E-state index in [9.17, 15) is 0 Å². The summed E-state index contributed by atoms with van der Waals surface area (Å²) in [5.74, 6) is 1.36. The highest BCUT2D eigenvalue weighted by atomic mass is 15.2. The van der Waals surface area contributed by atoms with Gasteiger partial charge in [0.1, 0.15) is 12.1 Å². The minimum atomic E-state index is 0.599. The van der Waals surface area contributed by atoms with E-state index < -0.39 is 0 Å². The van der Waals surface area contributed by atoms with Gasteiger partial charge in [0.2, 0.25) is 5.95 Å². The molecule has 0 unspecified atom stereocenters. The Hall–Kier alpha value is -3.28. The van der Waals surface area contributed by atoms with Gasteiger partial charge in [-0.2, -0.15) is 4.98 Å². The highest BCUT2D eigenvalue weighted by Gasteiger charge is 2.09. The predicted octanol–water partition coefficient (Wildman–Crippen LogP) is 3.44. The number of benzene rings is 1. The van der Waals surface area contributed by atoms with Gasteiger partial charge >= 0.3 is 0 Å². The second-order valence-corrected chi connectivity index (χ2v) is 6.00. The first kappa shape index (κ1) is 15.3. The predicted molar refractivity (Wildman–Crippen MR) is 97.7 cm³/mol. The van der Waals surface area contributed by atoms with Crippen LogP contribution in [-0.2, 0) is 6.54 Å². The molecule has 6 nitrogen and oxygen atoms in total. The molecule has 0 radical (unpaired) electrons. The maximum atomic E-state index is 4.61. The van der Waals surface area contributed by atoms with E-state index >= 15 is 0 Å². The van der Waals surface area contributed by atoms with Gasteiger partial charge in [0, 0.05) is 25.1 Å².